The third-order valence-corrected chi connectivity index (χ3v) is 6.12. The van der Waals surface area contributed by atoms with Gasteiger partial charge in [0.2, 0.25) is 0 Å². The maximum atomic E-state index is 14.7. The van der Waals surface area contributed by atoms with Gasteiger partial charge in [-0.1, -0.05) is 32.3 Å². The van der Waals surface area contributed by atoms with Gasteiger partial charge >= 0.3 is 0 Å². The molecule has 0 saturated heterocycles. The zero-order valence-corrected chi connectivity index (χ0v) is 21.8. The lowest BCUT2D eigenvalue weighted by atomic mass is 9.76. The molecular formula is C29H34F2N4O2. The van der Waals surface area contributed by atoms with Gasteiger partial charge in [0, 0.05) is 43.8 Å². The molecule has 0 bridgehead atoms. The Labute approximate surface area is 217 Å². The van der Waals surface area contributed by atoms with E-state index in [1.54, 1.807) is 25.5 Å². The lowest BCUT2D eigenvalue weighted by Crippen LogP contribution is -2.33. The summed E-state index contributed by atoms with van der Waals surface area (Å²) >= 11 is 0. The Bertz CT molecular complexity index is 1330. The Morgan fingerprint density at radius 2 is 2.00 bits per heavy atom. The summed E-state index contributed by atoms with van der Waals surface area (Å²) in [7, 11) is 1.62. The van der Waals surface area contributed by atoms with Crippen molar-refractivity contribution in [2.75, 3.05) is 13.3 Å². The van der Waals surface area contributed by atoms with Crippen molar-refractivity contribution < 1.29 is 13.5 Å². The zero-order chi connectivity index (χ0) is 27.6. The van der Waals surface area contributed by atoms with E-state index in [0.717, 1.165) is 23.8 Å². The maximum Gasteiger partial charge on any atom is 0.254 e. The van der Waals surface area contributed by atoms with Crippen LogP contribution in [0.2, 0.25) is 0 Å². The van der Waals surface area contributed by atoms with Gasteiger partial charge in [-0.15, -0.1) is 0 Å². The Morgan fingerprint density at radius 3 is 2.65 bits per heavy atom. The van der Waals surface area contributed by atoms with Crippen molar-refractivity contribution in [3.63, 3.8) is 0 Å². The van der Waals surface area contributed by atoms with Crippen LogP contribution in [0.1, 0.15) is 49.3 Å². The lowest BCUT2D eigenvalue weighted by molar-refractivity contribution is 0.0574. The molecule has 2 rings (SSSR count). The van der Waals surface area contributed by atoms with E-state index in [9.17, 15) is 13.6 Å². The van der Waals surface area contributed by atoms with Crippen LogP contribution in [0.25, 0.3) is 0 Å². The van der Waals surface area contributed by atoms with Crippen molar-refractivity contribution in [3.05, 3.63) is 81.5 Å². The van der Waals surface area contributed by atoms with Gasteiger partial charge in [0.05, 0.1) is 18.8 Å². The van der Waals surface area contributed by atoms with E-state index in [2.05, 4.69) is 35.3 Å². The lowest BCUT2D eigenvalue weighted by Gasteiger charge is -2.30. The number of aromatic nitrogens is 1. The van der Waals surface area contributed by atoms with Crippen LogP contribution in [0.5, 0.6) is 0 Å². The molecule has 2 aromatic rings. The highest BCUT2D eigenvalue weighted by molar-refractivity contribution is 5.61. The molecule has 0 saturated carbocycles. The molecule has 196 valence electrons. The van der Waals surface area contributed by atoms with Gasteiger partial charge in [-0.25, -0.2) is 13.8 Å². The van der Waals surface area contributed by atoms with Crippen LogP contribution < -0.4 is 17.0 Å². The van der Waals surface area contributed by atoms with Crippen molar-refractivity contribution in [2.45, 2.75) is 39.5 Å². The van der Waals surface area contributed by atoms with E-state index in [1.807, 2.05) is 20.8 Å². The average molecular weight is 509 g/mol. The summed E-state index contributed by atoms with van der Waals surface area (Å²) in [6, 6.07) is 4.88. The summed E-state index contributed by atoms with van der Waals surface area (Å²) in [5, 5.41) is 0. The third-order valence-electron chi connectivity index (χ3n) is 6.12. The molecule has 0 fully saturated rings. The molecule has 1 aromatic heterocycles. The smallest absolute Gasteiger partial charge is 0.254 e. The van der Waals surface area contributed by atoms with E-state index >= 15 is 0 Å². The normalized spacial score (nSPS) is 13.4. The highest BCUT2D eigenvalue weighted by Crippen LogP contribution is 2.31. The number of ether oxygens (including phenoxy) is 1. The first-order valence-electron chi connectivity index (χ1n) is 11.9. The quantitative estimate of drug-likeness (QED) is 0.288. The van der Waals surface area contributed by atoms with Gasteiger partial charge in [0.1, 0.15) is 17.5 Å². The van der Waals surface area contributed by atoms with Crippen LogP contribution in [0.3, 0.4) is 0 Å². The van der Waals surface area contributed by atoms with E-state index in [0.29, 0.717) is 12.0 Å². The molecule has 0 aliphatic rings. The van der Waals surface area contributed by atoms with Crippen LogP contribution in [-0.4, -0.2) is 24.1 Å². The number of aliphatic imine (C=N–C) groups is 1. The number of hydrogen-bond acceptors (Lipinski definition) is 5. The second-order valence-electron chi connectivity index (χ2n) is 9.20. The van der Waals surface area contributed by atoms with Crippen molar-refractivity contribution in [1.29, 1.82) is 0 Å². The summed E-state index contributed by atoms with van der Waals surface area (Å²) in [4.78, 5) is 16.9. The largest absolute Gasteiger partial charge is 0.384 e. The van der Waals surface area contributed by atoms with Crippen LogP contribution in [0.15, 0.2) is 52.6 Å². The SMILES string of the molecule is C=C(N)N=CCC(C#CC#CCC(c1cc(F)ccc1F)c1cc(C)cn(C)c1=O)(COCN)C(C)C. The first-order chi connectivity index (χ1) is 17.5. The van der Waals surface area contributed by atoms with Gasteiger partial charge in [-0.3, -0.25) is 4.79 Å². The van der Waals surface area contributed by atoms with Crippen LogP contribution in [-0.2, 0) is 11.8 Å². The van der Waals surface area contributed by atoms with E-state index in [4.69, 9.17) is 16.2 Å². The molecule has 1 heterocycles. The van der Waals surface area contributed by atoms with Crippen molar-refractivity contribution >= 4 is 6.21 Å². The van der Waals surface area contributed by atoms with E-state index < -0.39 is 23.0 Å². The molecule has 0 aliphatic carbocycles. The van der Waals surface area contributed by atoms with Crippen molar-refractivity contribution in [3.8, 4) is 23.7 Å². The Balaban J connectivity index is 2.48. The summed E-state index contributed by atoms with van der Waals surface area (Å²) < 4.78 is 35.7. The third kappa shape index (κ3) is 8.15. The molecule has 2 atom stereocenters. The molecule has 1 aromatic carbocycles. The van der Waals surface area contributed by atoms with Crippen LogP contribution in [0.4, 0.5) is 8.78 Å². The van der Waals surface area contributed by atoms with E-state index in [1.165, 1.54) is 4.57 Å². The molecule has 0 amide bonds. The number of hydrogen-bond donors (Lipinski definition) is 2. The topological polar surface area (TPSA) is 95.6 Å². The van der Waals surface area contributed by atoms with Crippen LogP contribution in [0, 0.1) is 53.6 Å². The van der Waals surface area contributed by atoms with Crippen LogP contribution >= 0.6 is 0 Å². The average Bonchev–Trinajstić information content (AvgIpc) is 2.83. The highest BCUT2D eigenvalue weighted by atomic mass is 19.1. The van der Waals surface area contributed by atoms with Gasteiger partial charge in [0.15, 0.2) is 0 Å². The molecule has 0 aliphatic heterocycles. The number of nitrogens with zero attached hydrogens (tertiary/aromatic N) is 2. The summed E-state index contributed by atoms with van der Waals surface area (Å²) in [5.41, 5.74) is 11.4. The number of benzene rings is 1. The number of nitrogens with two attached hydrogens (primary N) is 2. The first kappa shape index (κ1) is 29.5. The fourth-order valence-corrected chi connectivity index (χ4v) is 3.94. The number of aryl methyl sites for hydroxylation is 2. The Kier molecular flexibility index (Phi) is 10.8. The maximum absolute atomic E-state index is 14.7. The van der Waals surface area contributed by atoms with Gasteiger partial charge < -0.3 is 20.8 Å². The molecule has 0 spiro atoms. The van der Waals surface area contributed by atoms with E-state index in [-0.39, 0.29) is 42.6 Å². The predicted octanol–water partition coefficient (Wildman–Crippen LogP) is 3.97. The summed E-state index contributed by atoms with van der Waals surface area (Å²) in [6.07, 6.45) is 3.82. The monoisotopic (exact) mass is 508 g/mol. The minimum absolute atomic E-state index is 0.0366. The fraction of sp³-hybridized carbons (Fsp3) is 0.379. The second-order valence-corrected chi connectivity index (χ2v) is 9.20. The minimum atomic E-state index is -0.776. The molecule has 2 unspecified atom stereocenters. The minimum Gasteiger partial charge on any atom is -0.384 e. The molecule has 37 heavy (non-hydrogen) atoms. The standard InChI is InChI=1S/C29H34F2N4O2/c1-20(2)29(18-37-19-32,13-14-34-22(4)33)12-8-6-7-9-24(25-16-23(30)10-11-27(25)31)26-15-21(3)17-35(5)28(26)36/h10-11,14-17,20,24H,4,9,13,18-19,32-33H2,1-3,5H3. The van der Waals surface area contributed by atoms with Gasteiger partial charge in [-0.2, -0.15) is 0 Å². The molecule has 6 nitrogen and oxygen atoms in total. The van der Waals surface area contributed by atoms with Gasteiger partial charge in [0.25, 0.3) is 5.56 Å². The molecule has 8 heteroatoms. The Morgan fingerprint density at radius 1 is 1.27 bits per heavy atom. The second kappa shape index (κ2) is 13.5. The summed E-state index contributed by atoms with van der Waals surface area (Å²) in [5.74, 6) is 10.1. The van der Waals surface area contributed by atoms with Crippen molar-refractivity contribution in [2.24, 2.45) is 34.8 Å². The Hall–Kier alpha value is -3.72. The number of halogens is 2. The highest BCUT2D eigenvalue weighted by Gasteiger charge is 2.31. The molecular weight excluding hydrogens is 474 g/mol. The van der Waals surface area contributed by atoms with Gasteiger partial charge in [-0.05, 0) is 60.1 Å². The molecule has 0 radical (unpaired) electrons. The molecule has 4 N–H and O–H groups in total. The number of pyridine rings is 1. The first-order valence-corrected chi connectivity index (χ1v) is 11.9. The van der Waals surface area contributed by atoms with Crippen molar-refractivity contribution in [1.82, 2.24) is 4.57 Å². The predicted molar refractivity (Wildman–Crippen MR) is 144 cm³/mol. The number of rotatable bonds is 10. The zero-order valence-electron chi connectivity index (χ0n) is 21.8. The fourth-order valence-electron chi connectivity index (χ4n) is 3.94. The summed E-state index contributed by atoms with van der Waals surface area (Å²) in [6.45, 7) is 9.69.